The number of hydrogen-bond acceptors (Lipinski definition) is 3. The van der Waals surface area contributed by atoms with Crippen LogP contribution in [0.4, 0.5) is 13.2 Å². The second-order valence-electron chi connectivity index (χ2n) is 4.81. The largest absolute Gasteiger partial charge is 0.416 e. The Balaban J connectivity index is 2.07. The Labute approximate surface area is 112 Å². The minimum Gasteiger partial charge on any atom is -0.390 e. The zero-order chi connectivity index (χ0) is 14.3. The van der Waals surface area contributed by atoms with Crippen molar-refractivity contribution in [3.63, 3.8) is 0 Å². The molecular weight excluding hydrogens is 271 g/mol. The molecule has 1 heterocycles. The third-order valence-corrected chi connectivity index (χ3v) is 3.31. The van der Waals surface area contributed by atoms with E-state index in [0.29, 0.717) is 17.1 Å². The second kappa shape index (κ2) is 4.59. The number of halogens is 3. The minimum absolute atomic E-state index is 0.224. The molecule has 7 heteroatoms. The summed E-state index contributed by atoms with van der Waals surface area (Å²) in [7, 11) is 0. The van der Waals surface area contributed by atoms with Gasteiger partial charge in [0.15, 0.2) is 0 Å². The highest BCUT2D eigenvalue weighted by molar-refractivity contribution is 5.39. The maximum atomic E-state index is 12.7. The normalized spacial score (nSPS) is 15.6. The average Bonchev–Trinajstić information content (AvgIpc) is 3.17. The molecule has 0 spiro atoms. The molecule has 0 bridgehead atoms. The molecule has 0 saturated heterocycles. The molecule has 20 heavy (non-hydrogen) atoms. The topological polar surface area (TPSA) is 50.9 Å². The van der Waals surface area contributed by atoms with Gasteiger partial charge in [-0.2, -0.15) is 13.2 Å². The van der Waals surface area contributed by atoms with Gasteiger partial charge in [0.25, 0.3) is 0 Å². The second-order valence-corrected chi connectivity index (χ2v) is 4.81. The van der Waals surface area contributed by atoms with Gasteiger partial charge < -0.3 is 5.11 Å². The highest BCUT2D eigenvalue weighted by atomic mass is 19.4. The van der Waals surface area contributed by atoms with Crippen LogP contribution in [0.1, 0.15) is 35.7 Å². The molecular formula is C13H12F3N3O. The Bertz CT molecular complexity index is 632. The van der Waals surface area contributed by atoms with Crippen LogP contribution < -0.4 is 0 Å². The molecule has 2 aromatic rings. The zero-order valence-corrected chi connectivity index (χ0v) is 10.4. The molecule has 0 atom stereocenters. The van der Waals surface area contributed by atoms with Gasteiger partial charge in [-0.3, -0.25) is 0 Å². The number of nitrogens with zero attached hydrogens (tertiary/aromatic N) is 3. The van der Waals surface area contributed by atoms with E-state index in [-0.39, 0.29) is 12.5 Å². The molecule has 1 aliphatic carbocycles. The van der Waals surface area contributed by atoms with E-state index in [1.165, 1.54) is 10.7 Å². The van der Waals surface area contributed by atoms with Crippen molar-refractivity contribution >= 4 is 0 Å². The van der Waals surface area contributed by atoms with Crippen LogP contribution in [-0.2, 0) is 12.8 Å². The summed E-state index contributed by atoms with van der Waals surface area (Å²) in [6.45, 7) is -0.259. The van der Waals surface area contributed by atoms with Crippen LogP contribution in [0.2, 0.25) is 0 Å². The molecule has 1 saturated carbocycles. The minimum atomic E-state index is -4.39. The van der Waals surface area contributed by atoms with E-state index in [0.717, 1.165) is 25.0 Å². The number of aliphatic hydroxyl groups is 1. The van der Waals surface area contributed by atoms with Crippen LogP contribution in [0, 0.1) is 0 Å². The van der Waals surface area contributed by atoms with Crippen LogP contribution >= 0.6 is 0 Å². The van der Waals surface area contributed by atoms with Gasteiger partial charge in [-0.25, -0.2) is 4.68 Å². The van der Waals surface area contributed by atoms with Crippen molar-refractivity contribution in [1.29, 1.82) is 0 Å². The van der Waals surface area contributed by atoms with E-state index < -0.39 is 11.7 Å². The van der Waals surface area contributed by atoms with E-state index in [4.69, 9.17) is 0 Å². The van der Waals surface area contributed by atoms with Crippen molar-refractivity contribution < 1.29 is 18.3 Å². The molecule has 0 amide bonds. The molecule has 3 rings (SSSR count). The number of rotatable bonds is 3. The molecule has 0 aliphatic heterocycles. The van der Waals surface area contributed by atoms with Crippen LogP contribution in [0.15, 0.2) is 24.3 Å². The summed E-state index contributed by atoms with van der Waals surface area (Å²) in [5.41, 5.74) is 0.739. The highest BCUT2D eigenvalue weighted by Gasteiger charge is 2.33. The maximum absolute atomic E-state index is 12.7. The van der Waals surface area contributed by atoms with E-state index >= 15 is 0 Å². The lowest BCUT2D eigenvalue weighted by molar-refractivity contribution is -0.137. The SMILES string of the molecule is OCc1nnn(-c2cccc(C(F)(F)F)c2)c1C1CC1. The van der Waals surface area contributed by atoms with Gasteiger partial charge in [0, 0.05) is 5.92 Å². The quantitative estimate of drug-likeness (QED) is 0.942. The lowest BCUT2D eigenvalue weighted by Crippen LogP contribution is -2.08. The van der Waals surface area contributed by atoms with Crippen LogP contribution in [0.3, 0.4) is 0 Å². The molecule has 106 valence electrons. The van der Waals surface area contributed by atoms with Gasteiger partial charge in [0.1, 0.15) is 5.69 Å². The molecule has 1 aromatic heterocycles. The standard InChI is InChI=1S/C13H12F3N3O/c14-13(15,16)9-2-1-3-10(6-9)19-12(8-4-5-8)11(7-20)17-18-19/h1-3,6,8,20H,4-5,7H2. The van der Waals surface area contributed by atoms with Gasteiger partial charge in [-0.1, -0.05) is 11.3 Å². The Morgan fingerprint density at radius 2 is 2.05 bits per heavy atom. The Hall–Kier alpha value is -1.89. The van der Waals surface area contributed by atoms with Crippen LogP contribution in [0.25, 0.3) is 5.69 Å². The fourth-order valence-electron chi connectivity index (χ4n) is 2.20. The van der Waals surface area contributed by atoms with Gasteiger partial charge >= 0.3 is 6.18 Å². The van der Waals surface area contributed by atoms with Crippen molar-refractivity contribution in [2.45, 2.75) is 31.5 Å². The first-order valence-electron chi connectivity index (χ1n) is 6.23. The summed E-state index contributed by atoms with van der Waals surface area (Å²) in [6.07, 6.45) is -2.51. The summed E-state index contributed by atoms with van der Waals surface area (Å²) in [5.74, 6) is 0.224. The Morgan fingerprint density at radius 1 is 1.30 bits per heavy atom. The predicted octanol–water partition coefficient (Wildman–Crippen LogP) is 2.66. The van der Waals surface area contributed by atoms with Crippen molar-refractivity contribution in [3.05, 3.63) is 41.2 Å². The molecule has 1 aliphatic rings. The molecule has 1 fully saturated rings. The van der Waals surface area contributed by atoms with Crippen molar-refractivity contribution in [2.24, 2.45) is 0 Å². The first kappa shape index (κ1) is 13.1. The fourth-order valence-corrected chi connectivity index (χ4v) is 2.20. The van der Waals surface area contributed by atoms with E-state index in [2.05, 4.69) is 10.3 Å². The number of aromatic nitrogens is 3. The van der Waals surface area contributed by atoms with Crippen molar-refractivity contribution in [3.8, 4) is 5.69 Å². The number of hydrogen-bond donors (Lipinski definition) is 1. The maximum Gasteiger partial charge on any atom is 0.416 e. The lowest BCUT2D eigenvalue weighted by Gasteiger charge is -2.10. The Kier molecular flexibility index (Phi) is 3.01. The van der Waals surface area contributed by atoms with Crippen LogP contribution in [-0.4, -0.2) is 20.1 Å². The smallest absolute Gasteiger partial charge is 0.390 e. The third kappa shape index (κ3) is 2.29. The fraction of sp³-hybridized carbons (Fsp3) is 0.385. The third-order valence-electron chi connectivity index (χ3n) is 3.31. The Morgan fingerprint density at radius 3 is 2.65 bits per heavy atom. The molecule has 4 nitrogen and oxygen atoms in total. The molecule has 1 N–H and O–H groups in total. The highest BCUT2D eigenvalue weighted by Crippen LogP contribution is 2.42. The molecule has 1 aromatic carbocycles. The van der Waals surface area contributed by atoms with E-state index in [9.17, 15) is 18.3 Å². The number of benzene rings is 1. The van der Waals surface area contributed by atoms with Gasteiger partial charge in [-0.05, 0) is 31.0 Å². The van der Waals surface area contributed by atoms with Gasteiger partial charge in [0.05, 0.1) is 23.6 Å². The summed E-state index contributed by atoms with van der Waals surface area (Å²) < 4.78 is 39.6. The van der Waals surface area contributed by atoms with Crippen molar-refractivity contribution in [2.75, 3.05) is 0 Å². The first-order valence-corrected chi connectivity index (χ1v) is 6.23. The first-order chi connectivity index (χ1) is 9.50. The summed E-state index contributed by atoms with van der Waals surface area (Å²) in [4.78, 5) is 0. The zero-order valence-electron chi connectivity index (χ0n) is 10.4. The van der Waals surface area contributed by atoms with Gasteiger partial charge in [-0.15, -0.1) is 5.10 Å². The lowest BCUT2D eigenvalue weighted by atomic mass is 10.1. The van der Waals surface area contributed by atoms with E-state index in [1.54, 1.807) is 6.07 Å². The average molecular weight is 283 g/mol. The molecule has 0 unspecified atom stereocenters. The predicted molar refractivity (Wildman–Crippen MR) is 64.3 cm³/mol. The van der Waals surface area contributed by atoms with Crippen LogP contribution in [0.5, 0.6) is 0 Å². The van der Waals surface area contributed by atoms with E-state index in [1.807, 2.05) is 0 Å². The number of alkyl halides is 3. The summed E-state index contributed by atoms with van der Waals surface area (Å²) in [6, 6.07) is 4.96. The monoisotopic (exact) mass is 283 g/mol. The van der Waals surface area contributed by atoms with Gasteiger partial charge in [0.2, 0.25) is 0 Å². The summed E-state index contributed by atoms with van der Waals surface area (Å²) >= 11 is 0. The summed E-state index contributed by atoms with van der Waals surface area (Å²) in [5, 5.41) is 17.0. The number of aliphatic hydroxyl groups excluding tert-OH is 1. The van der Waals surface area contributed by atoms with Crippen molar-refractivity contribution in [1.82, 2.24) is 15.0 Å². The molecule has 0 radical (unpaired) electrons.